The third-order valence-corrected chi connectivity index (χ3v) is 6.81. The number of fused-ring (bicyclic) bond motifs is 1. The quantitative estimate of drug-likeness (QED) is 0.117. The molecule has 1 unspecified atom stereocenters. The van der Waals surface area contributed by atoms with E-state index in [0.717, 1.165) is 5.56 Å². The number of benzene rings is 2. The molecule has 6 N–H and O–H groups in total. The highest BCUT2D eigenvalue weighted by atomic mass is 35.5. The molecule has 1 amide bonds. The van der Waals surface area contributed by atoms with Crippen molar-refractivity contribution < 1.29 is 9.53 Å². The summed E-state index contributed by atoms with van der Waals surface area (Å²) in [5.74, 6) is 12.4. The van der Waals surface area contributed by atoms with E-state index in [1.807, 2.05) is 0 Å². The number of aryl methyl sites for hydroxylation is 1. The lowest BCUT2D eigenvalue weighted by atomic mass is 10.1. The summed E-state index contributed by atoms with van der Waals surface area (Å²) in [5.41, 5.74) is 3.16. The normalized spacial score (nSPS) is 14.4. The minimum absolute atomic E-state index is 0.257. The number of ether oxygens (including phenoxy) is 1. The molecule has 2 aromatic heterocycles. The van der Waals surface area contributed by atoms with Crippen molar-refractivity contribution in [3.63, 3.8) is 0 Å². The monoisotopic (exact) mass is 567 g/mol. The molecule has 0 saturated heterocycles. The maximum atomic E-state index is 13.4. The Kier molecular flexibility index (Phi) is 7.24. The van der Waals surface area contributed by atoms with Crippen molar-refractivity contribution in [1.82, 2.24) is 19.5 Å². The first-order valence-corrected chi connectivity index (χ1v) is 12.4. The Labute approximate surface area is 232 Å². The number of hydrazone groups is 1. The summed E-state index contributed by atoms with van der Waals surface area (Å²) in [7, 11) is 1.29. The van der Waals surface area contributed by atoms with E-state index in [9.17, 15) is 9.59 Å². The molecule has 4 aromatic rings. The molecule has 0 bridgehead atoms. The lowest BCUT2D eigenvalue weighted by Crippen LogP contribution is -2.30. The first kappa shape index (κ1) is 26.2. The largest absolute Gasteiger partial charge is 0.453 e. The number of imidazole rings is 1. The SMILES string of the molecule is COC(=O)Nc1ccc(-c2nc(Cl)c(C3CCc4nc(-c5cc(Cl)ccc5N(N)/C=N\N)cc(=O)n43)[nH]2)cc1. The topological polar surface area (TPSA) is 170 Å². The predicted octanol–water partition coefficient (Wildman–Crippen LogP) is 3.90. The fraction of sp³-hybridized carbons (Fsp3) is 0.160. The van der Waals surface area contributed by atoms with E-state index >= 15 is 0 Å². The number of rotatable bonds is 6. The number of methoxy groups -OCH3 is 1. The molecule has 1 aliphatic rings. The Morgan fingerprint density at radius 1 is 1.23 bits per heavy atom. The highest BCUT2D eigenvalue weighted by Crippen LogP contribution is 2.36. The molecular weight excluding hydrogens is 545 g/mol. The van der Waals surface area contributed by atoms with Crippen molar-refractivity contribution >= 4 is 47.0 Å². The molecular formula is C25H23Cl2N9O3. The second-order valence-corrected chi connectivity index (χ2v) is 9.43. The third kappa shape index (κ3) is 5.17. The predicted molar refractivity (Wildman–Crippen MR) is 150 cm³/mol. The number of nitrogens with one attached hydrogen (secondary N) is 2. The molecule has 39 heavy (non-hydrogen) atoms. The third-order valence-electron chi connectivity index (χ3n) is 6.29. The zero-order valence-electron chi connectivity index (χ0n) is 20.6. The molecule has 12 nitrogen and oxygen atoms in total. The Hall–Kier alpha value is -4.39. The number of carbonyl (C=O) groups excluding carboxylic acids is 1. The Morgan fingerprint density at radius 2 is 2.00 bits per heavy atom. The van der Waals surface area contributed by atoms with Gasteiger partial charge in [0.05, 0.1) is 30.2 Å². The molecule has 2 aromatic carbocycles. The number of hydrogen-bond acceptors (Lipinski definition) is 8. The van der Waals surface area contributed by atoms with Crippen molar-refractivity contribution in [3.05, 3.63) is 80.6 Å². The van der Waals surface area contributed by atoms with Gasteiger partial charge in [-0.1, -0.05) is 23.2 Å². The summed E-state index contributed by atoms with van der Waals surface area (Å²) in [6.07, 6.45) is 1.81. The number of hydrogen-bond donors (Lipinski definition) is 4. The van der Waals surface area contributed by atoms with E-state index in [1.165, 1.54) is 24.5 Å². The smallest absolute Gasteiger partial charge is 0.411 e. The molecule has 0 radical (unpaired) electrons. The molecule has 3 heterocycles. The van der Waals surface area contributed by atoms with Crippen LogP contribution in [0.3, 0.4) is 0 Å². The van der Waals surface area contributed by atoms with Crippen LogP contribution < -0.4 is 27.6 Å². The average molecular weight is 568 g/mol. The van der Waals surface area contributed by atoms with Crippen molar-refractivity contribution in [2.75, 3.05) is 17.4 Å². The maximum Gasteiger partial charge on any atom is 0.411 e. The van der Waals surface area contributed by atoms with Crippen molar-refractivity contribution in [1.29, 1.82) is 0 Å². The van der Waals surface area contributed by atoms with Gasteiger partial charge in [0.2, 0.25) is 0 Å². The molecule has 200 valence electrons. The van der Waals surface area contributed by atoms with Crippen LogP contribution in [-0.4, -0.2) is 39.1 Å². The number of H-pyrrole nitrogens is 1. The van der Waals surface area contributed by atoms with Crippen LogP contribution in [0.5, 0.6) is 0 Å². The highest BCUT2D eigenvalue weighted by Gasteiger charge is 2.30. The summed E-state index contributed by atoms with van der Waals surface area (Å²) >= 11 is 12.8. The Bertz CT molecular complexity index is 1630. The van der Waals surface area contributed by atoms with Gasteiger partial charge in [-0.2, -0.15) is 5.10 Å². The molecule has 5 rings (SSSR count). The zero-order chi connectivity index (χ0) is 27.7. The second kappa shape index (κ2) is 10.8. The van der Waals surface area contributed by atoms with Crippen LogP contribution in [0.4, 0.5) is 16.2 Å². The Morgan fingerprint density at radius 3 is 2.72 bits per heavy atom. The van der Waals surface area contributed by atoms with E-state index < -0.39 is 6.09 Å². The minimum atomic E-state index is -0.565. The number of amides is 1. The van der Waals surface area contributed by atoms with Gasteiger partial charge in [0, 0.05) is 34.3 Å². The van der Waals surface area contributed by atoms with Crippen molar-refractivity contribution in [2.24, 2.45) is 16.8 Å². The minimum Gasteiger partial charge on any atom is -0.453 e. The summed E-state index contributed by atoms with van der Waals surface area (Å²) in [4.78, 5) is 37.3. The number of carbonyl (C=O) groups is 1. The molecule has 0 aliphatic carbocycles. The second-order valence-electron chi connectivity index (χ2n) is 8.64. The molecule has 0 saturated carbocycles. The van der Waals surface area contributed by atoms with Crippen LogP contribution in [0.1, 0.15) is 24.0 Å². The first-order valence-electron chi connectivity index (χ1n) is 11.7. The van der Waals surface area contributed by atoms with Crippen LogP contribution in [-0.2, 0) is 11.2 Å². The van der Waals surface area contributed by atoms with Gasteiger partial charge in [0.1, 0.15) is 18.0 Å². The number of hydrazine groups is 1. The fourth-order valence-electron chi connectivity index (χ4n) is 4.53. The van der Waals surface area contributed by atoms with E-state index in [0.29, 0.717) is 57.8 Å². The maximum absolute atomic E-state index is 13.4. The number of halogens is 2. The van der Waals surface area contributed by atoms with Gasteiger partial charge in [0.15, 0.2) is 5.15 Å². The van der Waals surface area contributed by atoms with Crippen molar-refractivity contribution in [2.45, 2.75) is 18.9 Å². The van der Waals surface area contributed by atoms with Gasteiger partial charge in [-0.05, 0) is 48.9 Å². The lowest BCUT2D eigenvalue weighted by molar-refractivity contribution is 0.187. The number of nitrogens with two attached hydrogens (primary N) is 2. The zero-order valence-corrected chi connectivity index (χ0v) is 22.1. The van der Waals surface area contributed by atoms with E-state index in [1.54, 1.807) is 47.0 Å². The van der Waals surface area contributed by atoms with Crippen molar-refractivity contribution in [3.8, 4) is 22.6 Å². The molecule has 0 spiro atoms. The standard InChI is InChI=1S/C25H23Cl2N9O3/c1-39-25(38)31-15-5-2-13(3-6-15)24-33-22(23(27)34-24)19-8-9-20-32-17(11-21(37)36(19)20)16-10-14(26)4-7-18(16)35(29)12-30-28/h2-7,10-12,19H,8-9,28-29H2,1H3,(H,31,38)(H,33,34)/b30-12-. The lowest BCUT2D eigenvalue weighted by Gasteiger charge is -2.18. The van der Waals surface area contributed by atoms with Gasteiger partial charge in [0.25, 0.3) is 5.56 Å². The first-order chi connectivity index (χ1) is 18.8. The molecule has 1 atom stereocenters. The van der Waals surface area contributed by atoms with Gasteiger partial charge < -0.3 is 15.6 Å². The highest BCUT2D eigenvalue weighted by molar-refractivity contribution is 6.31. The summed E-state index contributed by atoms with van der Waals surface area (Å²) in [6, 6.07) is 13.1. The number of aromatic amines is 1. The summed E-state index contributed by atoms with van der Waals surface area (Å²) in [6.45, 7) is 0. The Balaban J connectivity index is 1.47. The van der Waals surface area contributed by atoms with Crippen LogP contribution in [0.2, 0.25) is 10.2 Å². The summed E-state index contributed by atoms with van der Waals surface area (Å²) < 4.78 is 6.22. The van der Waals surface area contributed by atoms with E-state index in [2.05, 4.69) is 25.1 Å². The van der Waals surface area contributed by atoms with E-state index in [4.69, 9.17) is 39.9 Å². The van der Waals surface area contributed by atoms with Crippen LogP contribution >= 0.6 is 23.2 Å². The van der Waals surface area contributed by atoms with Crippen LogP contribution in [0.25, 0.3) is 22.6 Å². The molecule has 1 aliphatic heterocycles. The van der Waals surface area contributed by atoms with Gasteiger partial charge in [-0.3, -0.25) is 19.7 Å². The fourth-order valence-corrected chi connectivity index (χ4v) is 4.96. The number of aromatic nitrogens is 4. The molecule has 0 fully saturated rings. The summed E-state index contributed by atoms with van der Waals surface area (Å²) in [5, 5.41) is 7.99. The number of nitrogens with zero attached hydrogens (tertiary/aromatic N) is 5. The van der Waals surface area contributed by atoms with Crippen LogP contribution in [0, 0.1) is 0 Å². The van der Waals surface area contributed by atoms with E-state index in [-0.39, 0.29) is 16.8 Å². The van der Waals surface area contributed by atoms with Gasteiger partial charge in [-0.15, -0.1) is 0 Å². The average Bonchev–Trinajstić information content (AvgIpc) is 3.52. The molecule has 14 heteroatoms. The van der Waals surface area contributed by atoms with Gasteiger partial charge >= 0.3 is 6.09 Å². The van der Waals surface area contributed by atoms with Crippen LogP contribution in [0.15, 0.2) is 58.4 Å². The number of anilines is 2. The van der Waals surface area contributed by atoms with Gasteiger partial charge in [-0.25, -0.2) is 20.6 Å².